The van der Waals surface area contributed by atoms with E-state index in [2.05, 4.69) is 56.3 Å². The van der Waals surface area contributed by atoms with Crippen molar-refractivity contribution >= 4 is 17.3 Å². The fourth-order valence-corrected chi connectivity index (χ4v) is 3.86. The number of hydrogen-bond acceptors (Lipinski definition) is 2. The Balaban J connectivity index is 1.99. The summed E-state index contributed by atoms with van der Waals surface area (Å²) in [5.74, 6) is 0.585. The number of nitrogens with zero attached hydrogens (tertiary/aromatic N) is 2. The van der Waals surface area contributed by atoms with Gasteiger partial charge >= 0.3 is 0 Å². The summed E-state index contributed by atoms with van der Waals surface area (Å²) in [4.78, 5) is 10.8. The minimum Gasteiger partial charge on any atom is -0.358 e. The first-order valence-corrected chi connectivity index (χ1v) is 9.72. The molecular formula is C23H28FN3O. The van der Waals surface area contributed by atoms with Gasteiger partial charge in [-0.3, -0.25) is 4.79 Å². The molecule has 0 radical (unpaired) electrons. The van der Waals surface area contributed by atoms with Crippen molar-refractivity contribution in [2.24, 2.45) is 11.3 Å². The van der Waals surface area contributed by atoms with Gasteiger partial charge in [-0.1, -0.05) is 33.8 Å². The minimum absolute atomic E-state index is 0.0776. The van der Waals surface area contributed by atoms with Crippen molar-refractivity contribution in [2.75, 3.05) is 6.54 Å². The fraction of sp³-hybridized carbons (Fsp3) is 0.391. The van der Waals surface area contributed by atoms with E-state index in [9.17, 15) is 9.18 Å². The third kappa shape index (κ3) is 4.24. The molecule has 1 amide bonds. The summed E-state index contributed by atoms with van der Waals surface area (Å²) >= 11 is 0. The lowest BCUT2D eigenvalue weighted by Gasteiger charge is -2.36. The molecule has 5 heteroatoms. The molecule has 4 nitrogen and oxygen atoms in total. The molecule has 0 saturated heterocycles. The number of benzene rings is 2. The van der Waals surface area contributed by atoms with E-state index in [0.29, 0.717) is 18.4 Å². The summed E-state index contributed by atoms with van der Waals surface area (Å²) in [6.07, 6.45) is 3.65. The van der Waals surface area contributed by atoms with Gasteiger partial charge < -0.3 is 5.32 Å². The lowest BCUT2D eigenvalue weighted by molar-refractivity contribution is -0.110. The molecule has 0 spiro atoms. The van der Waals surface area contributed by atoms with Gasteiger partial charge in [0, 0.05) is 11.9 Å². The van der Waals surface area contributed by atoms with Crippen LogP contribution in [0, 0.1) is 17.2 Å². The van der Waals surface area contributed by atoms with Crippen LogP contribution >= 0.6 is 0 Å². The van der Waals surface area contributed by atoms with Crippen molar-refractivity contribution in [1.82, 2.24) is 15.1 Å². The first kappa shape index (κ1) is 20.1. The molecule has 148 valence electrons. The molecule has 0 saturated carbocycles. The second-order valence-corrected chi connectivity index (χ2v) is 8.52. The van der Waals surface area contributed by atoms with E-state index >= 15 is 0 Å². The number of rotatable bonds is 8. The summed E-state index contributed by atoms with van der Waals surface area (Å²) in [6, 6.07) is 12.8. The maximum Gasteiger partial charge on any atom is 0.207 e. The molecule has 1 heterocycles. The number of fused-ring (bicyclic) bond motifs is 1. The van der Waals surface area contributed by atoms with E-state index in [-0.39, 0.29) is 11.2 Å². The van der Waals surface area contributed by atoms with Gasteiger partial charge in [0.2, 0.25) is 6.41 Å². The van der Waals surface area contributed by atoms with E-state index in [0.717, 1.165) is 29.4 Å². The first-order valence-electron chi connectivity index (χ1n) is 9.72. The Morgan fingerprint density at radius 2 is 1.89 bits per heavy atom. The molecule has 0 fully saturated rings. The zero-order chi connectivity index (χ0) is 20.3. The van der Waals surface area contributed by atoms with Crippen molar-refractivity contribution in [2.45, 2.75) is 40.0 Å². The quantitative estimate of drug-likeness (QED) is 0.554. The predicted molar refractivity (Wildman–Crippen MR) is 111 cm³/mol. The van der Waals surface area contributed by atoms with Crippen molar-refractivity contribution < 1.29 is 9.18 Å². The Kier molecular flexibility index (Phi) is 5.82. The lowest BCUT2D eigenvalue weighted by Crippen LogP contribution is -2.34. The van der Waals surface area contributed by atoms with Gasteiger partial charge in [0.15, 0.2) is 0 Å². The van der Waals surface area contributed by atoms with Crippen molar-refractivity contribution in [3.8, 4) is 5.69 Å². The van der Waals surface area contributed by atoms with Gasteiger partial charge in [0.05, 0.1) is 17.4 Å². The van der Waals surface area contributed by atoms with Crippen LogP contribution in [0.15, 0.2) is 48.7 Å². The number of halogens is 1. The van der Waals surface area contributed by atoms with Crippen molar-refractivity contribution in [3.05, 3.63) is 60.0 Å². The Morgan fingerprint density at radius 1 is 1.18 bits per heavy atom. The molecule has 2 aromatic carbocycles. The smallest absolute Gasteiger partial charge is 0.207 e. The molecule has 28 heavy (non-hydrogen) atoms. The fourth-order valence-electron chi connectivity index (χ4n) is 3.86. The van der Waals surface area contributed by atoms with Crippen LogP contribution in [-0.4, -0.2) is 22.7 Å². The van der Waals surface area contributed by atoms with Crippen LogP contribution in [-0.2, 0) is 4.79 Å². The SMILES string of the molecule is CC(C)CC(c1ccc2c(cnn2-c2ccc(F)cc2)c1)C(C)(C)CNC=O. The normalized spacial score (nSPS) is 13.1. The van der Waals surface area contributed by atoms with Crippen molar-refractivity contribution in [3.63, 3.8) is 0 Å². The van der Waals surface area contributed by atoms with Gasteiger partial charge in [-0.2, -0.15) is 5.10 Å². The van der Waals surface area contributed by atoms with Gasteiger partial charge in [-0.25, -0.2) is 9.07 Å². The second kappa shape index (κ2) is 8.13. The van der Waals surface area contributed by atoms with Crippen LogP contribution < -0.4 is 5.32 Å². The van der Waals surface area contributed by atoms with Crippen LogP contribution in [0.25, 0.3) is 16.6 Å². The lowest BCUT2D eigenvalue weighted by atomic mass is 9.71. The highest BCUT2D eigenvalue weighted by Crippen LogP contribution is 2.40. The largest absolute Gasteiger partial charge is 0.358 e. The number of carbonyl (C=O) groups is 1. The van der Waals surface area contributed by atoms with Crippen LogP contribution in [0.3, 0.4) is 0 Å². The Bertz CT molecular complexity index is 944. The standard InChI is InChI=1S/C23H28FN3O/c1-16(2)11-21(23(3,4)14-25-15-28)17-5-10-22-18(12-17)13-26-27(22)20-8-6-19(24)7-9-20/h5-10,12-13,15-16,21H,11,14H2,1-4H3,(H,25,28). The maximum atomic E-state index is 13.2. The molecule has 1 unspecified atom stereocenters. The number of amides is 1. The Hall–Kier alpha value is -2.69. The summed E-state index contributed by atoms with van der Waals surface area (Å²) in [5, 5.41) is 8.41. The zero-order valence-corrected chi connectivity index (χ0v) is 16.9. The zero-order valence-electron chi connectivity index (χ0n) is 16.9. The maximum absolute atomic E-state index is 13.2. The van der Waals surface area contributed by atoms with Gasteiger partial charge in [-0.05, 0) is 65.6 Å². The molecule has 0 bridgehead atoms. The number of hydrogen-bond donors (Lipinski definition) is 1. The third-order valence-corrected chi connectivity index (χ3v) is 5.36. The molecule has 0 aliphatic carbocycles. The number of carbonyl (C=O) groups excluding carboxylic acids is 1. The average molecular weight is 381 g/mol. The first-order chi connectivity index (χ1) is 13.3. The number of aromatic nitrogens is 2. The summed E-state index contributed by atoms with van der Waals surface area (Å²) in [6.45, 7) is 9.47. The molecular weight excluding hydrogens is 353 g/mol. The molecule has 3 rings (SSSR count). The Morgan fingerprint density at radius 3 is 2.54 bits per heavy atom. The van der Waals surface area contributed by atoms with Gasteiger partial charge in [0.1, 0.15) is 5.82 Å². The summed E-state index contributed by atoms with van der Waals surface area (Å²) in [7, 11) is 0. The monoisotopic (exact) mass is 381 g/mol. The van der Waals surface area contributed by atoms with Crippen LogP contribution in [0.4, 0.5) is 4.39 Å². The summed E-state index contributed by atoms with van der Waals surface area (Å²) in [5.41, 5.74) is 2.99. The van der Waals surface area contributed by atoms with Crippen LogP contribution in [0.2, 0.25) is 0 Å². The highest BCUT2D eigenvalue weighted by molar-refractivity contribution is 5.81. The molecule has 1 aromatic heterocycles. The molecule has 0 aliphatic rings. The average Bonchev–Trinajstić information content (AvgIpc) is 3.08. The van der Waals surface area contributed by atoms with E-state index in [1.807, 2.05) is 10.9 Å². The molecule has 1 atom stereocenters. The second-order valence-electron chi connectivity index (χ2n) is 8.52. The molecule has 0 aliphatic heterocycles. The van der Waals surface area contributed by atoms with E-state index < -0.39 is 0 Å². The van der Waals surface area contributed by atoms with Gasteiger partial charge in [-0.15, -0.1) is 0 Å². The van der Waals surface area contributed by atoms with E-state index in [1.54, 1.807) is 12.1 Å². The van der Waals surface area contributed by atoms with Crippen molar-refractivity contribution in [1.29, 1.82) is 0 Å². The third-order valence-electron chi connectivity index (χ3n) is 5.36. The van der Waals surface area contributed by atoms with Gasteiger partial charge in [0.25, 0.3) is 0 Å². The highest BCUT2D eigenvalue weighted by atomic mass is 19.1. The predicted octanol–water partition coefficient (Wildman–Crippen LogP) is 5.07. The Labute approximate surface area is 165 Å². The van der Waals surface area contributed by atoms with Crippen LogP contribution in [0.1, 0.15) is 45.6 Å². The summed E-state index contributed by atoms with van der Waals surface area (Å²) < 4.78 is 15.1. The number of nitrogens with one attached hydrogen (secondary N) is 1. The molecule has 1 N–H and O–H groups in total. The molecule has 3 aromatic rings. The highest BCUT2D eigenvalue weighted by Gasteiger charge is 2.31. The van der Waals surface area contributed by atoms with Crippen LogP contribution in [0.5, 0.6) is 0 Å². The topological polar surface area (TPSA) is 46.9 Å². The van der Waals surface area contributed by atoms with E-state index in [1.165, 1.54) is 17.7 Å². The van der Waals surface area contributed by atoms with E-state index in [4.69, 9.17) is 0 Å². The minimum atomic E-state index is -0.259.